The maximum atomic E-state index is 13.0. The molecule has 2 aromatic heterocycles. The van der Waals surface area contributed by atoms with Crippen LogP contribution in [0.3, 0.4) is 0 Å². The SMILES string of the molecule is CC(C)CNc1nc2c(c(=O)n(Cc3ccc(Cl)cc3Cl)c(=O)n2C)n1C. The van der Waals surface area contributed by atoms with E-state index >= 15 is 0 Å². The first kappa shape index (κ1) is 19.5. The smallest absolute Gasteiger partial charge is 0.332 e. The average Bonchev–Trinajstić information content (AvgIpc) is 2.93. The van der Waals surface area contributed by atoms with Crippen LogP contribution < -0.4 is 16.6 Å². The van der Waals surface area contributed by atoms with Crippen LogP contribution in [0.5, 0.6) is 0 Å². The van der Waals surface area contributed by atoms with Gasteiger partial charge >= 0.3 is 5.69 Å². The predicted molar refractivity (Wildman–Crippen MR) is 109 cm³/mol. The minimum Gasteiger partial charge on any atom is -0.355 e. The third-order valence-electron chi connectivity index (χ3n) is 4.37. The number of anilines is 1. The molecule has 144 valence electrons. The Morgan fingerprint density at radius 1 is 1.15 bits per heavy atom. The summed E-state index contributed by atoms with van der Waals surface area (Å²) in [4.78, 5) is 30.2. The number of hydrogen-bond donors (Lipinski definition) is 1. The van der Waals surface area contributed by atoms with Crippen molar-refractivity contribution in [3.8, 4) is 0 Å². The quantitative estimate of drug-likeness (QED) is 0.702. The molecule has 0 bridgehead atoms. The van der Waals surface area contributed by atoms with Gasteiger partial charge in [-0.05, 0) is 23.6 Å². The van der Waals surface area contributed by atoms with Crippen molar-refractivity contribution in [3.63, 3.8) is 0 Å². The van der Waals surface area contributed by atoms with Gasteiger partial charge in [0.2, 0.25) is 5.95 Å². The number of imidazole rings is 1. The lowest BCUT2D eigenvalue weighted by Crippen LogP contribution is -2.39. The zero-order chi connectivity index (χ0) is 19.9. The fourth-order valence-corrected chi connectivity index (χ4v) is 3.32. The molecule has 0 aliphatic heterocycles. The summed E-state index contributed by atoms with van der Waals surface area (Å²) in [6.45, 7) is 4.92. The highest BCUT2D eigenvalue weighted by Gasteiger charge is 2.19. The fourth-order valence-electron chi connectivity index (χ4n) is 2.86. The van der Waals surface area contributed by atoms with Gasteiger partial charge in [-0.3, -0.25) is 13.9 Å². The van der Waals surface area contributed by atoms with Crippen LogP contribution in [-0.4, -0.2) is 25.2 Å². The molecule has 0 aliphatic rings. The summed E-state index contributed by atoms with van der Waals surface area (Å²) in [5.74, 6) is 0.963. The second kappa shape index (κ2) is 7.40. The third kappa shape index (κ3) is 3.61. The Morgan fingerprint density at radius 3 is 2.48 bits per heavy atom. The normalized spacial score (nSPS) is 11.5. The molecule has 0 radical (unpaired) electrons. The Hall–Kier alpha value is -2.25. The van der Waals surface area contributed by atoms with Crippen molar-refractivity contribution in [1.29, 1.82) is 0 Å². The molecule has 0 aliphatic carbocycles. The number of fused-ring (bicyclic) bond motifs is 1. The van der Waals surface area contributed by atoms with Crippen LogP contribution in [0, 0.1) is 5.92 Å². The van der Waals surface area contributed by atoms with Gasteiger partial charge in [0.1, 0.15) is 0 Å². The van der Waals surface area contributed by atoms with Crippen molar-refractivity contribution in [2.45, 2.75) is 20.4 Å². The van der Waals surface area contributed by atoms with Crippen molar-refractivity contribution >= 4 is 40.3 Å². The van der Waals surface area contributed by atoms with Gasteiger partial charge in [-0.2, -0.15) is 4.98 Å². The summed E-state index contributed by atoms with van der Waals surface area (Å²) in [7, 11) is 3.35. The molecular formula is C18H21Cl2N5O2. The Bertz CT molecular complexity index is 1130. The number of benzene rings is 1. The molecule has 1 aromatic carbocycles. The molecule has 3 aromatic rings. The van der Waals surface area contributed by atoms with Gasteiger partial charge in [0.25, 0.3) is 5.56 Å². The van der Waals surface area contributed by atoms with Crippen LogP contribution >= 0.6 is 23.2 Å². The average molecular weight is 410 g/mol. The van der Waals surface area contributed by atoms with Gasteiger partial charge in [0.05, 0.1) is 6.54 Å². The van der Waals surface area contributed by atoms with Gasteiger partial charge in [0, 0.05) is 30.7 Å². The van der Waals surface area contributed by atoms with E-state index in [0.717, 1.165) is 4.57 Å². The number of aryl methyl sites for hydroxylation is 2. The summed E-state index contributed by atoms with van der Waals surface area (Å²) in [5, 5.41) is 4.11. The molecule has 0 atom stereocenters. The number of halogens is 2. The van der Waals surface area contributed by atoms with E-state index in [0.29, 0.717) is 45.2 Å². The maximum Gasteiger partial charge on any atom is 0.332 e. The van der Waals surface area contributed by atoms with E-state index in [1.165, 1.54) is 4.57 Å². The summed E-state index contributed by atoms with van der Waals surface area (Å²) < 4.78 is 4.21. The van der Waals surface area contributed by atoms with Crippen LogP contribution in [0.2, 0.25) is 10.0 Å². The highest BCUT2D eigenvalue weighted by Crippen LogP contribution is 2.21. The first-order chi connectivity index (χ1) is 12.7. The van der Waals surface area contributed by atoms with Crippen molar-refractivity contribution in [1.82, 2.24) is 18.7 Å². The van der Waals surface area contributed by atoms with Crippen molar-refractivity contribution in [2.75, 3.05) is 11.9 Å². The highest BCUT2D eigenvalue weighted by molar-refractivity contribution is 6.35. The van der Waals surface area contributed by atoms with Gasteiger partial charge in [-0.15, -0.1) is 0 Å². The Kier molecular flexibility index (Phi) is 5.35. The first-order valence-corrected chi connectivity index (χ1v) is 9.30. The zero-order valence-corrected chi connectivity index (χ0v) is 17.1. The number of hydrogen-bond acceptors (Lipinski definition) is 4. The van der Waals surface area contributed by atoms with Gasteiger partial charge in [-0.25, -0.2) is 4.79 Å². The zero-order valence-electron chi connectivity index (χ0n) is 15.6. The molecule has 0 saturated heterocycles. The lowest BCUT2D eigenvalue weighted by Gasteiger charge is -2.10. The minimum absolute atomic E-state index is 0.0530. The van der Waals surface area contributed by atoms with Gasteiger partial charge in [0.15, 0.2) is 11.2 Å². The number of rotatable bonds is 5. The molecule has 27 heavy (non-hydrogen) atoms. The second-order valence-corrected chi connectivity index (χ2v) is 7.75. The van der Waals surface area contributed by atoms with Crippen molar-refractivity contribution in [3.05, 3.63) is 54.6 Å². The fraction of sp³-hybridized carbons (Fsp3) is 0.389. The van der Waals surface area contributed by atoms with Gasteiger partial charge < -0.3 is 9.88 Å². The van der Waals surface area contributed by atoms with E-state index in [1.54, 1.807) is 36.9 Å². The molecule has 9 heteroatoms. The van der Waals surface area contributed by atoms with E-state index in [4.69, 9.17) is 23.2 Å². The lowest BCUT2D eigenvalue weighted by molar-refractivity contribution is 0.655. The van der Waals surface area contributed by atoms with E-state index < -0.39 is 11.2 Å². The molecule has 3 rings (SSSR count). The summed E-state index contributed by atoms with van der Waals surface area (Å²) in [6.07, 6.45) is 0. The molecule has 0 unspecified atom stereocenters. The van der Waals surface area contributed by atoms with E-state index in [2.05, 4.69) is 24.1 Å². The third-order valence-corrected chi connectivity index (χ3v) is 4.96. The van der Waals surface area contributed by atoms with Crippen LogP contribution in [0.1, 0.15) is 19.4 Å². The largest absolute Gasteiger partial charge is 0.355 e. The molecule has 0 amide bonds. The first-order valence-electron chi connectivity index (χ1n) is 8.54. The summed E-state index contributed by atoms with van der Waals surface area (Å²) >= 11 is 12.1. The lowest BCUT2D eigenvalue weighted by atomic mass is 10.2. The monoisotopic (exact) mass is 409 g/mol. The van der Waals surface area contributed by atoms with Crippen LogP contribution in [-0.2, 0) is 20.6 Å². The van der Waals surface area contributed by atoms with E-state index in [-0.39, 0.29) is 6.54 Å². The van der Waals surface area contributed by atoms with Crippen molar-refractivity contribution in [2.24, 2.45) is 20.0 Å². The van der Waals surface area contributed by atoms with Gasteiger partial charge in [-0.1, -0.05) is 43.1 Å². The molecule has 0 saturated carbocycles. The molecule has 7 nitrogen and oxygen atoms in total. The topological polar surface area (TPSA) is 73.8 Å². The van der Waals surface area contributed by atoms with E-state index in [9.17, 15) is 9.59 Å². The molecule has 0 spiro atoms. The number of aromatic nitrogens is 4. The Morgan fingerprint density at radius 2 is 1.85 bits per heavy atom. The van der Waals surface area contributed by atoms with E-state index in [1.807, 2.05) is 0 Å². The minimum atomic E-state index is -0.452. The molecular weight excluding hydrogens is 389 g/mol. The van der Waals surface area contributed by atoms with Crippen molar-refractivity contribution < 1.29 is 0 Å². The summed E-state index contributed by atoms with van der Waals surface area (Å²) in [6, 6.07) is 4.97. The maximum absolute atomic E-state index is 13.0. The number of nitrogens with one attached hydrogen (secondary N) is 1. The highest BCUT2D eigenvalue weighted by atomic mass is 35.5. The Labute approximate surface area is 166 Å². The second-order valence-electron chi connectivity index (χ2n) is 6.91. The Balaban J connectivity index is 2.15. The van der Waals surface area contributed by atoms with Crippen LogP contribution in [0.4, 0.5) is 5.95 Å². The summed E-state index contributed by atoms with van der Waals surface area (Å²) in [5.41, 5.74) is 0.476. The van der Waals surface area contributed by atoms with Crippen LogP contribution in [0.15, 0.2) is 27.8 Å². The standard InChI is InChI=1S/C18H21Cl2N5O2/c1-10(2)8-21-17-22-15-14(23(17)3)16(26)25(18(27)24(15)4)9-11-5-6-12(19)7-13(11)20/h5-7,10H,8-9H2,1-4H3,(H,21,22). The molecule has 2 heterocycles. The predicted octanol–water partition coefficient (Wildman–Crippen LogP) is 2.86. The number of nitrogens with zero attached hydrogens (tertiary/aromatic N) is 4. The van der Waals surface area contributed by atoms with Crippen LogP contribution in [0.25, 0.3) is 11.2 Å². The molecule has 1 N–H and O–H groups in total. The molecule has 0 fully saturated rings.